The zero-order chi connectivity index (χ0) is 20.4. The summed E-state index contributed by atoms with van der Waals surface area (Å²) in [5, 5.41) is 6.64. The molecule has 0 unspecified atom stereocenters. The first-order valence-electron chi connectivity index (χ1n) is 9.07. The normalized spacial score (nSPS) is 10.6. The van der Waals surface area contributed by atoms with Gasteiger partial charge in [-0.1, -0.05) is 24.3 Å². The fourth-order valence-corrected chi connectivity index (χ4v) is 2.95. The van der Waals surface area contributed by atoms with E-state index in [0.29, 0.717) is 31.2 Å². The summed E-state index contributed by atoms with van der Waals surface area (Å²) in [7, 11) is 6.70. The summed E-state index contributed by atoms with van der Waals surface area (Å²) in [6, 6.07) is 12.0. The maximum atomic E-state index is 5.49. The molecule has 7 heteroatoms. The van der Waals surface area contributed by atoms with Crippen molar-refractivity contribution in [2.24, 2.45) is 4.99 Å². The van der Waals surface area contributed by atoms with Crippen LogP contribution < -0.4 is 24.8 Å². The molecule has 2 rings (SSSR count). The zero-order valence-electron chi connectivity index (χ0n) is 17.5. The monoisotopic (exact) mass is 511 g/mol. The van der Waals surface area contributed by atoms with Crippen LogP contribution in [-0.4, -0.2) is 34.3 Å². The SMILES string of the molecule is C=CCc1cc(CNC(=NC)NCc2ccccc2OC)cc(OC)c1OC.I. The molecule has 6 nitrogen and oxygen atoms in total. The highest BCUT2D eigenvalue weighted by molar-refractivity contribution is 14.0. The van der Waals surface area contributed by atoms with Gasteiger partial charge in [-0.05, 0) is 30.2 Å². The Kier molecular flexibility index (Phi) is 11.0. The van der Waals surface area contributed by atoms with E-state index in [-0.39, 0.29) is 24.0 Å². The van der Waals surface area contributed by atoms with Gasteiger partial charge >= 0.3 is 0 Å². The van der Waals surface area contributed by atoms with Crippen LogP contribution in [0.25, 0.3) is 0 Å². The van der Waals surface area contributed by atoms with Crippen molar-refractivity contribution in [2.75, 3.05) is 28.4 Å². The molecule has 29 heavy (non-hydrogen) atoms. The van der Waals surface area contributed by atoms with Crippen LogP contribution in [0.1, 0.15) is 16.7 Å². The highest BCUT2D eigenvalue weighted by Crippen LogP contribution is 2.33. The number of guanidine groups is 1. The van der Waals surface area contributed by atoms with E-state index in [1.54, 1.807) is 28.4 Å². The van der Waals surface area contributed by atoms with Gasteiger partial charge in [-0.3, -0.25) is 4.99 Å². The summed E-state index contributed by atoms with van der Waals surface area (Å²) in [6.07, 6.45) is 2.55. The third kappa shape index (κ3) is 6.85. The van der Waals surface area contributed by atoms with Crippen molar-refractivity contribution in [1.82, 2.24) is 10.6 Å². The highest BCUT2D eigenvalue weighted by atomic mass is 127. The second-order valence-electron chi connectivity index (χ2n) is 6.07. The summed E-state index contributed by atoms with van der Waals surface area (Å²) in [4.78, 5) is 4.29. The molecule has 0 spiro atoms. The number of para-hydroxylation sites is 1. The van der Waals surface area contributed by atoms with Crippen LogP contribution in [0.15, 0.2) is 54.0 Å². The molecule has 2 aromatic carbocycles. The van der Waals surface area contributed by atoms with Gasteiger partial charge in [-0.15, -0.1) is 30.6 Å². The van der Waals surface area contributed by atoms with Crippen LogP contribution >= 0.6 is 24.0 Å². The Labute approximate surface area is 190 Å². The average Bonchev–Trinajstić information content (AvgIpc) is 2.73. The van der Waals surface area contributed by atoms with E-state index in [1.807, 2.05) is 36.4 Å². The minimum Gasteiger partial charge on any atom is -0.496 e. The summed E-state index contributed by atoms with van der Waals surface area (Å²) in [6.45, 7) is 5.02. The molecule has 0 saturated heterocycles. The first-order valence-corrected chi connectivity index (χ1v) is 9.07. The van der Waals surface area contributed by atoms with Gasteiger partial charge < -0.3 is 24.8 Å². The molecular formula is C22H30IN3O3. The summed E-state index contributed by atoms with van der Waals surface area (Å²) in [5.74, 6) is 2.99. The molecule has 0 heterocycles. The number of hydrogen-bond acceptors (Lipinski definition) is 4. The van der Waals surface area contributed by atoms with Gasteiger partial charge in [-0.2, -0.15) is 0 Å². The molecule has 158 valence electrons. The number of rotatable bonds is 9. The molecular weight excluding hydrogens is 481 g/mol. The summed E-state index contributed by atoms with van der Waals surface area (Å²) >= 11 is 0. The Balaban J connectivity index is 0.00000420. The quantitative estimate of drug-likeness (QED) is 0.231. The number of nitrogens with one attached hydrogen (secondary N) is 2. The molecule has 0 aliphatic rings. The second kappa shape index (κ2) is 12.9. The van der Waals surface area contributed by atoms with Gasteiger partial charge in [0.15, 0.2) is 17.5 Å². The predicted octanol–water partition coefficient (Wildman–Crippen LogP) is 3.92. The largest absolute Gasteiger partial charge is 0.496 e. The Hall–Kier alpha value is -2.42. The number of allylic oxidation sites excluding steroid dienone is 1. The standard InChI is InChI=1S/C22H29N3O3.HI/c1-6-9-17-12-16(13-20(27-4)21(17)28-5)14-24-22(23-2)25-15-18-10-7-8-11-19(18)26-3;/h6-8,10-13H,1,9,14-15H2,2-5H3,(H2,23,24,25);1H. The lowest BCUT2D eigenvalue weighted by Gasteiger charge is -2.16. The Morgan fingerprint density at radius 1 is 0.966 bits per heavy atom. The lowest BCUT2D eigenvalue weighted by atomic mass is 10.1. The van der Waals surface area contributed by atoms with Crippen LogP contribution in [0.2, 0.25) is 0 Å². The number of benzene rings is 2. The van der Waals surface area contributed by atoms with Crippen LogP contribution in [0.3, 0.4) is 0 Å². The molecule has 0 fully saturated rings. The second-order valence-corrected chi connectivity index (χ2v) is 6.07. The Morgan fingerprint density at radius 2 is 1.66 bits per heavy atom. The molecule has 2 aromatic rings. The molecule has 0 aliphatic heterocycles. The van der Waals surface area contributed by atoms with E-state index >= 15 is 0 Å². The Bertz CT molecular complexity index is 825. The molecule has 0 atom stereocenters. The maximum Gasteiger partial charge on any atom is 0.191 e. The van der Waals surface area contributed by atoms with E-state index in [4.69, 9.17) is 14.2 Å². The number of methoxy groups -OCH3 is 3. The average molecular weight is 511 g/mol. The van der Waals surface area contributed by atoms with Crippen molar-refractivity contribution in [3.8, 4) is 17.2 Å². The van der Waals surface area contributed by atoms with E-state index in [9.17, 15) is 0 Å². The number of aliphatic imine (C=N–C) groups is 1. The van der Waals surface area contributed by atoms with Crippen molar-refractivity contribution >= 4 is 29.9 Å². The molecule has 0 aliphatic carbocycles. The Morgan fingerprint density at radius 3 is 2.28 bits per heavy atom. The first-order chi connectivity index (χ1) is 13.7. The fraction of sp³-hybridized carbons (Fsp3) is 0.318. The van der Waals surface area contributed by atoms with Crippen molar-refractivity contribution in [1.29, 1.82) is 0 Å². The fourth-order valence-electron chi connectivity index (χ4n) is 2.95. The van der Waals surface area contributed by atoms with Crippen LogP contribution in [0, 0.1) is 0 Å². The van der Waals surface area contributed by atoms with Gasteiger partial charge in [-0.25, -0.2) is 0 Å². The number of nitrogens with zero attached hydrogens (tertiary/aromatic N) is 1. The smallest absolute Gasteiger partial charge is 0.191 e. The van der Waals surface area contributed by atoms with Gasteiger partial charge in [0, 0.05) is 31.3 Å². The van der Waals surface area contributed by atoms with Crippen molar-refractivity contribution < 1.29 is 14.2 Å². The van der Waals surface area contributed by atoms with Crippen LogP contribution in [0.5, 0.6) is 17.2 Å². The summed E-state index contributed by atoms with van der Waals surface area (Å²) in [5.41, 5.74) is 3.16. The zero-order valence-corrected chi connectivity index (χ0v) is 19.8. The van der Waals surface area contributed by atoms with E-state index < -0.39 is 0 Å². The number of halogens is 1. The minimum atomic E-state index is 0. The van der Waals surface area contributed by atoms with Gasteiger partial charge in [0.2, 0.25) is 0 Å². The summed E-state index contributed by atoms with van der Waals surface area (Å²) < 4.78 is 16.4. The predicted molar refractivity (Wildman–Crippen MR) is 129 cm³/mol. The molecule has 2 N–H and O–H groups in total. The van der Waals surface area contributed by atoms with Crippen molar-refractivity contribution in [2.45, 2.75) is 19.5 Å². The van der Waals surface area contributed by atoms with E-state index in [2.05, 4.69) is 28.3 Å². The maximum absolute atomic E-state index is 5.49. The van der Waals surface area contributed by atoms with Crippen LogP contribution in [0.4, 0.5) is 0 Å². The van der Waals surface area contributed by atoms with E-state index in [0.717, 1.165) is 28.2 Å². The van der Waals surface area contributed by atoms with Crippen molar-refractivity contribution in [3.63, 3.8) is 0 Å². The lowest BCUT2D eigenvalue weighted by Crippen LogP contribution is -2.36. The van der Waals surface area contributed by atoms with Crippen LogP contribution in [-0.2, 0) is 19.5 Å². The minimum absolute atomic E-state index is 0. The highest BCUT2D eigenvalue weighted by Gasteiger charge is 2.12. The number of hydrogen-bond donors (Lipinski definition) is 2. The molecule has 0 bridgehead atoms. The third-order valence-electron chi connectivity index (χ3n) is 4.30. The molecule has 0 aromatic heterocycles. The third-order valence-corrected chi connectivity index (χ3v) is 4.30. The molecule has 0 amide bonds. The lowest BCUT2D eigenvalue weighted by molar-refractivity contribution is 0.352. The van der Waals surface area contributed by atoms with Gasteiger partial charge in [0.25, 0.3) is 0 Å². The van der Waals surface area contributed by atoms with Gasteiger partial charge in [0.1, 0.15) is 5.75 Å². The van der Waals surface area contributed by atoms with E-state index in [1.165, 1.54) is 0 Å². The topological polar surface area (TPSA) is 64.1 Å². The number of ether oxygens (including phenoxy) is 3. The van der Waals surface area contributed by atoms with Gasteiger partial charge in [0.05, 0.1) is 21.3 Å². The first kappa shape index (κ1) is 24.6. The molecule has 0 radical (unpaired) electrons. The molecule has 0 saturated carbocycles. The van der Waals surface area contributed by atoms with Crippen molar-refractivity contribution in [3.05, 3.63) is 65.7 Å².